The molecule has 1 aliphatic carbocycles. The van der Waals surface area contributed by atoms with Crippen LogP contribution in [0.5, 0.6) is 0 Å². The fraction of sp³-hybridized carbons (Fsp3) is 0.333. The van der Waals surface area contributed by atoms with E-state index in [-0.39, 0.29) is 0 Å². The smallest absolute Gasteiger partial charge is 0.151 e. The van der Waals surface area contributed by atoms with Gasteiger partial charge in [0.05, 0.1) is 0 Å². The third-order valence-corrected chi connectivity index (χ3v) is 2.89. The van der Waals surface area contributed by atoms with Gasteiger partial charge in [-0.05, 0) is 18.4 Å². The Morgan fingerprint density at radius 3 is 2.87 bits per heavy atom. The highest BCUT2D eigenvalue weighted by Crippen LogP contribution is 2.40. The van der Waals surface area contributed by atoms with Crippen molar-refractivity contribution in [3.63, 3.8) is 0 Å². The first kappa shape index (κ1) is 10.2. The first-order chi connectivity index (χ1) is 7.21. The minimum Gasteiger partial charge on any atom is -0.373 e. The standard InChI is InChI=1S/C12H12O3/c1-2-12(13)8-7-11(15-14)9-5-3-4-6-10(9)12/h1,3-6,11,13-14H,7-8H2/t11-,12+/m1/s1. The maximum atomic E-state index is 10.2. The van der Waals surface area contributed by atoms with Crippen LogP contribution in [0.1, 0.15) is 30.1 Å². The zero-order valence-corrected chi connectivity index (χ0v) is 8.18. The van der Waals surface area contributed by atoms with Gasteiger partial charge < -0.3 is 5.11 Å². The fourth-order valence-corrected chi connectivity index (χ4v) is 2.04. The van der Waals surface area contributed by atoms with Gasteiger partial charge in [0.2, 0.25) is 0 Å². The fourth-order valence-electron chi connectivity index (χ4n) is 2.04. The Labute approximate surface area is 88.2 Å². The summed E-state index contributed by atoms with van der Waals surface area (Å²) < 4.78 is 0. The number of hydrogen-bond acceptors (Lipinski definition) is 3. The molecule has 1 aliphatic rings. The van der Waals surface area contributed by atoms with Crippen LogP contribution in [0.15, 0.2) is 24.3 Å². The molecule has 1 aromatic carbocycles. The summed E-state index contributed by atoms with van der Waals surface area (Å²) in [6, 6.07) is 7.20. The average Bonchev–Trinajstić information content (AvgIpc) is 2.30. The van der Waals surface area contributed by atoms with Gasteiger partial charge in [0.25, 0.3) is 0 Å². The van der Waals surface area contributed by atoms with Gasteiger partial charge in [-0.1, -0.05) is 30.2 Å². The Morgan fingerprint density at radius 1 is 1.47 bits per heavy atom. The Hall–Kier alpha value is -1.34. The van der Waals surface area contributed by atoms with E-state index in [0.717, 1.165) is 5.56 Å². The van der Waals surface area contributed by atoms with Crippen LogP contribution in [0.25, 0.3) is 0 Å². The molecular weight excluding hydrogens is 192 g/mol. The van der Waals surface area contributed by atoms with E-state index in [4.69, 9.17) is 11.7 Å². The molecule has 15 heavy (non-hydrogen) atoms. The molecule has 0 unspecified atom stereocenters. The molecule has 78 valence electrons. The van der Waals surface area contributed by atoms with Gasteiger partial charge >= 0.3 is 0 Å². The van der Waals surface area contributed by atoms with Crippen LogP contribution in [0.3, 0.4) is 0 Å². The maximum absolute atomic E-state index is 10.2. The predicted octanol–water partition coefficient (Wildman–Crippen LogP) is 1.83. The van der Waals surface area contributed by atoms with Gasteiger partial charge in [0.1, 0.15) is 6.10 Å². The van der Waals surface area contributed by atoms with E-state index in [1.807, 2.05) is 6.07 Å². The molecule has 0 amide bonds. The van der Waals surface area contributed by atoms with E-state index in [1.165, 1.54) is 0 Å². The lowest BCUT2D eigenvalue weighted by molar-refractivity contribution is -0.286. The molecule has 0 radical (unpaired) electrons. The largest absolute Gasteiger partial charge is 0.373 e. The minimum absolute atomic E-state index is 0.394. The molecule has 2 rings (SSSR count). The molecule has 0 saturated carbocycles. The van der Waals surface area contributed by atoms with Crippen molar-refractivity contribution in [2.45, 2.75) is 24.5 Å². The molecule has 2 N–H and O–H groups in total. The molecular formula is C12H12O3. The number of hydrogen-bond donors (Lipinski definition) is 2. The molecule has 3 heteroatoms. The minimum atomic E-state index is -1.23. The number of rotatable bonds is 1. The van der Waals surface area contributed by atoms with E-state index in [2.05, 4.69) is 10.8 Å². The van der Waals surface area contributed by atoms with E-state index in [9.17, 15) is 5.11 Å². The van der Waals surface area contributed by atoms with Crippen molar-refractivity contribution in [3.8, 4) is 12.3 Å². The SMILES string of the molecule is C#C[C@]1(O)CC[C@@H](OO)c2ccccc21. The van der Waals surface area contributed by atoms with Crippen LogP contribution in [-0.4, -0.2) is 10.4 Å². The van der Waals surface area contributed by atoms with Crippen LogP contribution in [-0.2, 0) is 10.5 Å². The summed E-state index contributed by atoms with van der Waals surface area (Å²) in [6.45, 7) is 0. The lowest BCUT2D eigenvalue weighted by atomic mass is 9.78. The molecule has 0 aliphatic heterocycles. The lowest BCUT2D eigenvalue weighted by Crippen LogP contribution is -2.31. The van der Waals surface area contributed by atoms with Crippen molar-refractivity contribution >= 4 is 0 Å². The van der Waals surface area contributed by atoms with Crippen molar-refractivity contribution in [2.24, 2.45) is 0 Å². The Kier molecular flexibility index (Phi) is 2.49. The zero-order valence-electron chi connectivity index (χ0n) is 8.18. The van der Waals surface area contributed by atoms with E-state index in [1.54, 1.807) is 18.2 Å². The predicted molar refractivity (Wildman–Crippen MR) is 54.9 cm³/mol. The average molecular weight is 204 g/mol. The third kappa shape index (κ3) is 1.53. The Balaban J connectivity index is 2.54. The van der Waals surface area contributed by atoms with E-state index < -0.39 is 11.7 Å². The molecule has 1 aromatic rings. The van der Waals surface area contributed by atoms with E-state index >= 15 is 0 Å². The summed E-state index contributed by atoms with van der Waals surface area (Å²) in [4.78, 5) is 4.38. The number of terminal acetylenes is 1. The summed E-state index contributed by atoms with van der Waals surface area (Å²) in [5, 5.41) is 18.9. The lowest BCUT2D eigenvalue weighted by Gasteiger charge is -2.33. The summed E-state index contributed by atoms with van der Waals surface area (Å²) in [5.41, 5.74) is 0.176. The molecule has 2 atom stereocenters. The number of aliphatic hydroxyl groups is 1. The Morgan fingerprint density at radius 2 is 2.20 bits per heavy atom. The second-order valence-corrected chi connectivity index (χ2v) is 3.72. The number of benzene rings is 1. The van der Waals surface area contributed by atoms with Crippen LogP contribution in [0, 0.1) is 12.3 Å². The van der Waals surface area contributed by atoms with Crippen molar-refractivity contribution < 1.29 is 15.3 Å². The van der Waals surface area contributed by atoms with E-state index in [0.29, 0.717) is 18.4 Å². The highest BCUT2D eigenvalue weighted by atomic mass is 17.1. The van der Waals surface area contributed by atoms with Gasteiger partial charge in [-0.25, -0.2) is 4.89 Å². The first-order valence-corrected chi connectivity index (χ1v) is 4.81. The highest BCUT2D eigenvalue weighted by Gasteiger charge is 2.37. The summed E-state index contributed by atoms with van der Waals surface area (Å²) in [7, 11) is 0. The molecule has 3 nitrogen and oxygen atoms in total. The van der Waals surface area contributed by atoms with Crippen LogP contribution in [0.4, 0.5) is 0 Å². The molecule has 0 heterocycles. The van der Waals surface area contributed by atoms with Gasteiger partial charge in [-0.2, -0.15) is 0 Å². The maximum Gasteiger partial charge on any atom is 0.151 e. The second-order valence-electron chi connectivity index (χ2n) is 3.72. The van der Waals surface area contributed by atoms with Gasteiger partial charge in [-0.15, -0.1) is 6.42 Å². The normalized spacial score (nSPS) is 29.3. The van der Waals surface area contributed by atoms with Crippen LogP contribution < -0.4 is 0 Å². The van der Waals surface area contributed by atoms with Gasteiger partial charge in [-0.3, -0.25) is 5.26 Å². The highest BCUT2D eigenvalue weighted by molar-refractivity contribution is 5.41. The van der Waals surface area contributed by atoms with Crippen molar-refractivity contribution in [2.75, 3.05) is 0 Å². The van der Waals surface area contributed by atoms with Crippen molar-refractivity contribution in [1.82, 2.24) is 0 Å². The zero-order chi connectivity index (χ0) is 10.9. The molecule has 0 spiro atoms. The summed E-state index contributed by atoms with van der Waals surface area (Å²) in [5.74, 6) is 2.40. The van der Waals surface area contributed by atoms with Gasteiger partial charge in [0.15, 0.2) is 5.60 Å². The molecule has 0 saturated heterocycles. The van der Waals surface area contributed by atoms with Crippen LogP contribution >= 0.6 is 0 Å². The third-order valence-electron chi connectivity index (χ3n) is 2.89. The Bertz CT molecular complexity index is 408. The topological polar surface area (TPSA) is 49.7 Å². The van der Waals surface area contributed by atoms with Crippen LogP contribution in [0.2, 0.25) is 0 Å². The number of fused-ring (bicyclic) bond motifs is 1. The molecule has 0 aromatic heterocycles. The summed E-state index contributed by atoms with van der Waals surface area (Å²) >= 11 is 0. The molecule has 0 bridgehead atoms. The first-order valence-electron chi connectivity index (χ1n) is 4.81. The second kappa shape index (κ2) is 3.67. The quantitative estimate of drug-likeness (QED) is 0.417. The summed E-state index contributed by atoms with van der Waals surface area (Å²) in [6.07, 6.45) is 5.84. The van der Waals surface area contributed by atoms with Crippen molar-refractivity contribution in [3.05, 3.63) is 35.4 Å². The van der Waals surface area contributed by atoms with Gasteiger partial charge in [0, 0.05) is 5.56 Å². The van der Waals surface area contributed by atoms with Crippen molar-refractivity contribution in [1.29, 1.82) is 0 Å². The molecule has 0 fully saturated rings. The monoisotopic (exact) mass is 204 g/mol.